The van der Waals surface area contributed by atoms with Gasteiger partial charge in [0.2, 0.25) is 0 Å². The minimum Gasteiger partial charge on any atom is -0.468 e. The van der Waals surface area contributed by atoms with Gasteiger partial charge in [0.15, 0.2) is 0 Å². The summed E-state index contributed by atoms with van der Waals surface area (Å²) in [5, 5.41) is 3.37. The maximum atomic E-state index is 12.1. The third-order valence-corrected chi connectivity index (χ3v) is 4.34. The Morgan fingerprint density at radius 3 is 2.60 bits per heavy atom. The lowest BCUT2D eigenvalue weighted by Crippen LogP contribution is -2.60. The van der Waals surface area contributed by atoms with E-state index in [1.807, 2.05) is 6.92 Å². The molecule has 4 nitrogen and oxygen atoms in total. The molecule has 0 radical (unpaired) electrons. The van der Waals surface area contributed by atoms with E-state index in [0.717, 1.165) is 5.92 Å². The number of carbonyl (C=O) groups excluding carboxylic acids is 1. The van der Waals surface area contributed by atoms with E-state index in [9.17, 15) is 4.79 Å². The van der Waals surface area contributed by atoms with Crippen molar-refractivity contribution in [2.24, 2.45) is 5.92 Å². The van der Waals surface area contributed by atoms with Crippen molar-refractivity contribution in [2.75, 3.05) is 20.7 Å². The van der Waals surface area contributed by atoms with Gasteiger partial charge in [-0.2, -0.15) is 0 Å². The third kappa shape index (κ3) is 4.74. The van der Waals surface area contributed by atoms with E-state index in [1.54, 1.807) is 0 Å². The average Bonchev–Trinajstić information content (AvgIpc) is 2.36. The molecule has 0 amide bonds. The van der Waals surface area contributed by atoms with Gasteiger partial charge in [0, 0.05) is 18.6 Å². The van der Waals surface area contributed by atoms with Gasteiger partial charge in [-0.25, -0.2) is 0 Å². The number of methoxy groups -OCH3 is 1. The SMILES string of the molecule is COC(=O)C(C)(CN(C)C1CCCC(C)C1)NC(C)C. The molecule has 3 unspecified atom stereocenters. The van der Waals surface area contributed by atoms with Crippen LogP contribution in [0.1, 0.15) is 53.4 Å². The summed E-state index contributed by atoms with van der Waals surface area (Å²) < 4.78 is 5.00. The van der Waals surface area contributed by atoms with Gasteiger partial charge < -0.3 is 9.64 Å². The Morgan fingerprint density at radius 2 is 2.10 bits per heavy atom. The van der Waals surface area contributed by atoms with Crippen molar-refractivity contribution >= 4 is 5.97 Å². The fourth-order valence-corrected chi connectivity index (χ4v) is 3.46. The Balaban J connectivity index is 2.70. The van der Waals surface area contributed by atoms with Crippen LogP contribution in [0.25, 0.3) is 0 Å². The van der Waals surface area contributed by atoms with Crippen LogP contribution in [0.2, 0.25) is 0 Å². The molecule has 0 bridgehead atoms. The Labute approximate surface area is 124 Å². The number of carbonyl (C=O) groups is 1. The van der Waals surface area contributed by atoms with E-state index >= 15 is 0 Å². The summed E-state index contributed by atoms with van der Waals surface area (Å²) in [7, 11) is 3.59. The molecule has 1 N–H and O–H groups in total. The zero-order valence-corrected chi connectivity index (χ0v) is 14.0. The van der Waals surface area contributed by atoms with Crippen molar-refractivity contribution in [2.45, 2.75) is 71.0 Å². The van der Waals surface area contributed by atoms with E-state index in [4.69, 9.17) is 4.74 Å². The number of hydrogen-bond donors (Lipinski definition) is 1. The molecule has 3 atom stereocenters. The Kier molecular flexibility index (Phi) is 6.46. The molecule has 1 saturated carbocycles. The van der Waals surface area contributed by atoms with Crippen LogP contribution in [-0.2, 0) is 9.53 Å². The van der Waals surface area contributed by atoms with Crippen LogP contribution in [0, 0.1) is 5.92 Å². The van der Waals surface area contributed by atoms with Gasteiger partial charge in [-0.3, -0.25) is 10.1 Å². The Bertz CT molecular complexity index is 320. The summed E-state index contributed by atoms with van der Waals surface area (Å²) >= 11 is 0. The number of nitrogens with zero attached hydrogens (tertiary/aromatic N) is 1. The lowest BCUT2D eigenvalue weighted by molar-refractivity contribution is -0.149. The fourth-order valence-electron chi connectivity index (χ4n) is 3.46. The molecule has 1 rings (SSSR count). The molecule has 4 heteroatoms. The number of likely N-dealkylation sites (N-methyl/N-ethyl adjacent to an activating group) is 1. The smallest absolute Gasteiger partial charge is 0.327 e. The molecule has 0 saturated heterocycles. The maximum Gasteiger partial charge on any atom is 0.327 e. The monoisotopic (exact) mass is 284 g/mol. The van der Waals surface area contributed by atoms with Crippen molar-refractivity contribution in [3.8, 4) is 0 Å². The molecular weight excluding hydrogens is 252 g/mol. The van der Waals surface area contributed by atoms with Crippen LogP contribution in [0.15, 0.2) is 0 Å². The summed E-state index contributed by atoms with van der Waals surface area (Å²) in [6.45, 7) is 9.08. The molecule has 1 aliphatic carbocycles. The summed E-state index contributed by atoms with van der Waals surface area (Å²) in [6.07, 6.45) is 5.10. The molecular formula is C16H32N2O2. The van der Waals surface area contributed by atoms with Crippen LogP contribution in [0.3, 0.4) is 0 Å². The first-order valence-electron chi connectivity index (χ1n) is 7.85. The Morgan fingerprint density at radius 1 is 1.45 bits per heavy atom. The molecule has 0 spiro atoms. The second-order valence-electron chi connectivity index (χ2n) is 6.96. The standard InChI is InChI=1S/C16H32N2O2/c1-12(2)17-16(4,15(19)20-6)11-18(5)14-9-7-8-13(3)10-14/h12-14,17H,7-11H2,1-6H3. The van der Waals surface area contributed by atoms with Gasteiger partial charge in [0.25, 0.3) is 0 Å². The van der Waals surface area contributed by atoms with Crippen molar-refractivity contribution in [3.05, 3.63) is 0 Å². The molecule has 1 aliphatic rings. The number of nitrogens with one attached hydrogen (secondary N) is 1. The van der Waals surface area contributed by atoms with Crippen molar-refractivity contribution in [1.82, 2.24) is 10.2 Å². The number of hydrogen-bond acceptors (Lipinski definition) is 4. The number of ether oxygens (including phenoxy) is 1. The molecule has 20 heavy (non-hydrogen) atoms. The van der Waals surface area contributed by atoms with Gasteiger partial charge >= 0.3 is 5.97 Å². The van der Waals surface area contributed by atoms with Crippen LogP contribution < -0.4 is 5.32 Å². The van der Waals surface area contributed by atoms with Crippen molar-refractivity contribution < 1.29 is 9.53 Å². The first kappa shape index (κ1) is 17.4. The van der Waals surface area contributed by atoms with Gasteiger partial charge in [-0.1, -0.05) is 19.8 Å². The molecule has 0 aliphatic heterocycles. The predicted molar refractivity (Wildman–Crippen MR) is 82.7 cm³/mol. The topological polar surface area (TPSA) is 41.6 Å². The Hall–Kier alpha value is -0.610. The van der Waals surface area contributed by atoms with Crippen molar-refractivity contribution in [3.63, 3.8) is 0 Å². The predicted octanol–water partition coefficient (Wildman–Crippen LogP) is 2.43. The molecule has 0 aromatic heterocycles. The normalized spacial score (nSPS) is 26.6. The van der Waals surface area contributed by atoms with Gasteiger partial charge in [0.05, 0.1) is 7.11 Å². The minimum absolute atomic E-state index is 0.179. The van der Waals surface area contributed by atoms with Gasteiger partial charge in [0.1, 0.15) is 5.54 Å². The maximum absolute atomic E-state index is 12.1. The lowest BCUT2D eigenvalue weighted by Gasteiger charge is -2.39. The van der Waals surface area contributed by atoms with Crippen LogP contribution >= 0.6 is 0 Å². The lowest BCUT2D eigenvalue weighted by atomic mass is 9.85. The van der Waals surface area contributed by atoms with E-state index in [1.165, 1.54) is 32.8 Å². The summed E-state index contributed by atoms with van der Waals surface area (Å²) in [5.74, 6) is 0.612. The minimum atomic E-state index is -0.641. The molecule has 0 aromatic carbocycles. The molecule has 118 valence electrons. The zero-order valence-electron chi connectivity index (χ0n) is 14.0. The number of esters is 1. The average molecular weight is 284 g/mol. The largest absolute Gasteiger partial charge is 0.468 e. The molecule has 1 fully saturated rings. The highest BCUT2D eigenvalue weighted by Crippen LogP contribution is 2.27. The summed E-state index contributed by atoms with van der Waals surface area (Å²) in [4.78, 5) is 14.5. The fraction of sp³-hybridized carbons (Fsp3) is 0.938. The highest BCUT2D eigenvalue weighted by Gasteiger charge is 2.37. The number of rotatable bonds is 6. The quantitative estimate of drug-likeness (QED) is 0.761. The summed E-state index contributed by atoms with van der Waals surface area (Å²) in [5.41, 5.74) is -0.641. The highest BCUT2D eigenvalue weighted by molar-refractivity contribution is 5.80. The first-order chi connectivity index (χ1) is 9.28. The van der Waals surface area contributed by atoms with E-state index < -0.39 is 5.54 Å². The van der Waals surface area contributed by atoms with E-state index in [-0.39, 0.29) is 12.0 Å². The third-order valence-electron chi connectivity index (χ3n) is 4.34. The van der Waals surface area contributed by atoms with Gasteiger partial charge in [-0.05, 0) is 46.6 Å². The molecule has 0 heterocycles. The first-order valence-corrected chi connectivity index (χ1v) is 7.85. The summed E-state index contributed by atoms with van der Waals surface area (Å²) in [6, 6.07) is 0.828. The van der Waals surface area contributed by atoms with E-state index in [0.29, 0.717) is 12.6 Å². The second kappa shape index (κ2) is 7.41. The van der Waals surface area contributed by atoms with Crippen LogP contribution in [0.4, 0.5) is 0 Å². The molecule has 0 aromatic rings. The van der Waals surface area contributed by atoms with Crippen LogP contribution in [-0.4, -0.2) is 49.2 Å². The highest BCUT2D eigenvalue weighted by atomic mass is 16.5. The van der Waals surface area contributed by atoms with Gasteiger partial charge in [-0.15, -0.1) is 0 Å². The van der Waals surface area contributed by atoms with Crippen molar-refractivity contribution in [1.29, 1.82) is 0 Å². The van der Waals surface area contributed by atoms with E-state index in [2.05, 4.69) is 38.0 Å². The second-order valence-corrected chi connectivity index (χ2v) is 6.96. The van der Waals surface area contributed by atoms with Crippen LogP contribution in [0.5, 0.6) is 0 Å². The zero-order chi connectivity index (χ0) is 15.3.